The fourth-order valence-corrected chi connectivity index (χ4v) is 2.54. The maximum absolute atomic E-state index is 12.6. The van der Waals surface area contributed by atoms with Gasteiger partial charge in [-0.05, 0) is 51.3 Å². The molecule has 11 heteroatoms. The summed E-state index contributed by atoms with van der Waals surface area (Å²) in [7, 11) is 0. The van der Waals surface area contributed by atoms with E-state index in [-0.39, 0.29) is 11.4 Å². The van der Waals surface area contributed by atoms with Gasteiger partial charge in [-0.2, -0.15) is 11.8 Å². The molecule has 0 aliphatic carbocycles. The first-order chi connectivity index (χ1) is 12.9. The van der Waals surface area contributed by atoms with Gasteiger partial charge in [-0.25, -0.2) is 9.59 Å². The van der Waals surface area contributed by atoms with Crippen LogP contribution >= 0.6 is 11.8 Å². The lowest BCUT2D eigenvalue weighted by Crippen LogP contribution is -2.65. The number of nitrogens with two attached hydrogens (primary N) is 2. The Morgan fingerprint density at radius 1 is 1.25 bits per heavy atom. The van der Waals surface area contributed by atoms with Gasteiger partial charge in [0.1, 0.15) is 5.60 Å². The monoisotopic (exact) mass is 414 g/mol. The number of thioether (sulfide) groups is 1. The third-order valence-electron chi connectivity index (χ3n) is 3.49. The number of ether oxygens (including phenoxy) is 2. The molecule has 2 atom stereocenters. The second kappa shape index (κ2) is 9.71. The smallest absolute Gasteiger partial charge is 0.413 e. The molecule has 2 unspecified atom stereocenters. The Morgan fingerprint density at radius 3 is 2.29 bits per heavy atom. The van der Waals surface area contributed by atoms with Gasteiger partial charge in [-0.3, -0.25) is 21.2 Å². The van der Waals surface area contributed by atoms with Crippen LogP contribution in [0.2, 0.25) is 0 Å². The maximum Gasteiger partial charge on any atom is 0.413 e. The zero-order valence-electron chi connectivity index (χ0n) is 16.3. The maximum atomic E-state index is 12.6. The molecular formula is C17H26N4O6S. The third-order valence-corrected chi connectivity index (χ3v) is 4.13. The van der Waals surface area contributed by atoms with Gasteiger partial charge in [-0.1, -0.05) is 0 Å². The van der Waals surface area contributed by atoms with Crippen LogP contribution in [0.15, 0.2) is 24.3 Å². The second-order valence-corrected chi connectivity index (χ2v) is 7.99. The fraction of sp³-hybridized carbons (Fsp3) is 0.529. The number of hydrogen-bond donors (Lipinski definition) is 3. The van der Waals surface area contributed by atoms with Gasteiger partial charge in [0.2, 0.25) is 0 Å². The van der Waals surface area contributed by atoms with Crippen molar-refractivity contribution < 1.29 is 24.0 Å². The van der Waals surface area contributed by atoms with Crippen LogP contribution < -0.4 is 16.8 Å². The Morgan fingerprint density at radius 2 is 1.82 bits per heavy atom. The summed E-state index contributed by atoms with van der Waals surface area (Å²) in [5, 5.41) is 13.0. The van der Waals surface area contributed by atoms with Crippen LogP contribution in [0.4, 0.5) is 16.2 Å². The molecule has 1 amide bonds. The fourth-order valence-electron chi connectivity index (χ4n) is 2.05. The standard InChI is InChI=1S/C17H26N4O6S/c1-16(2,3)26-14(22)17(19,13(18)9-10-28-4)27-15(23)20-11-5-7-12(8-6-11)21(24)25/h5-8,13H,9-10,18-19H2,1-4H3,(H,20,23). The zero-order chi connectivity index (χ0) is 21.5. The summed E-state index contributed by atoms with van der Waals surface area (Å²) in [5.74, 6) is -0.372. The highest BCUT2D eigenvalue weighted by atomic mass is 32.2. The lowest BCUT2D eigenvalue weighted by atomic mass is 10.0. The Balaban J connectivity index is 2.95. The van der Waals surface area contributed by atoms with Crippen LogP contribution in [-0.2, 0) is 14.3 Å². The van der Waals surface area contributed by atoms with E-state index >= 15 is 0 Å². The second-order valence-electron chi connectivity index (χ2n) is 7.00. The normalized spacial score (nSPS) is 14.5. The molecule has 1 aromatic carbocycles. The van der Waals surface area contributed by atoms with Crippen LogP contribution in [0.25, 0.3) is 0 Å². The highest BCUT2D eigenvalue weighted by Gasteiger charge is 2.47. The highest BCUT2D eigenvalue weighted by molar-refractivity contribution is 7.98. The number of anilines is 1. The minimum Gasteiger partial charge on any atom is -0.456 e. The average Bonchev–Trinajstić information content (AvgIpc) is 2.58. The molecule has 1 aromatic rings. The lowest BCUT2D eigenvalue weighted by Gasteiger charge is -2.34. The van der Waals surface area contributed by atoms with E-state index in [1.54, 1.807) is 20.8 Å². The number of carbonyl (C=O) groups is 2. The average molecular weight is 414 g/mol. The van der Waals surface area contributed by atoms with E-state index in [2.05, 4.69) is 5.32 Å². The van der Waals surface area contributed by atoms with E-state index in [1.807, 2.05) is 6.26 Å². The number of nitrogens with one attached hydrogen (secondary N) is 1. The summed E-state index contributed by atoms with van der Waals surface area (Å²) >= 11 is 1.50. The number of benzene rings is 1. The van der Waals surface area contributed by atoms with Crippen LogP contribution in [0, 0.1) is 10.1 Å². The number of nitro groups is 1. The topological polar surface area (TPSA) is 160 Å². The number of esters is 1. The summed E-state index contributed by atoms with van der Waals surface area (Å²) in [6.07, 6.45) is 1.13. The van der Waals surface area contributed by atoms with Gasteiger partial charge in [0.05, 0.1) is 11.0 Å². The van der Waals surface area contributed by atoms with Crippen molar-refractivity contribution >= 4 is 35.2 Å². The van der Waals surface area contributed by atoms with E-state index in [0.29, 0.717) is 12.2 Å². The quantitative estimate of drug-likeness (QED) is 0.251. The number of non-ortho nitro benzene ring substituents is 1. The summed E-state index contributed by atoms with van der Waals surface area (Å²) in [6, 6.07) is 4.06. The van der Waals surface area contributed by atoms with Crippen molar-refractivity contribution in [2.45, 2.75) is 44.6 Å². The molecule has 0 fully saturated rings. The number of amides is 1. The highest BCUT2D eigenvalue weighted by Crippen LogP contribution is 2.21. The molecule has 0 spiro atoms. The predicted octanol–water partition coefficient (Wildman–Crippen LogP) is 2.22. The minimum atomic E-state index is -2.20. The molecule has 0 aliphatic heterocycles. The van der Waals surface area contributed by atoms with Crippen LogP contribution in [-0.4, -0.2) is 46.4 Å². The zero-order valence-corrected chi connectivity index (χ0v) is 17.1. The number of nitro benzene ring substituents is 1. The van der Waals surface area contributed by atoms with Crippen molar-refractivity contribution in [3.63, 3.8) is 0 Å². The molecular weight excluding hydrogens is 388 g/mol. The first-order valence-corrected chi connectivity index (χ1v) is 9.79. The molecule has 10 nitrogen and oxygen atoms in total. The first-order valence-electron chi connectivity index (χ1n) is 8.40. The molecule has 1 rings (SSSR count). The van der Waals surface area contributed by atoms with E-state index in [9.17, 15) is 19.7 Å². The van der Waals surface area contributed by atoms with E-state index < -0.39 is 34.4 Å². The van der Waals surface area contributed by atoms with Gasteiger partial charge < -0.3 is 15.2 Å². The molecule has 0 radical (unpaired) electrons. The molecule has 0 saturated carbocycles. The summed E-state index contributed by atoms with van der Waals surface area (Å²) in [5.41, 5.74) is 9.12. The molecule has 5 N–H and O–H groups in total. The molecule has 0 bridgehead atoms. The Hall–Kier alpha value is -2.37. The van der Waals surface area contributed by atoms with Crippen molar-refractivity contribution in [1.29, 1.82) is 0 Å². The first kappa shape index (κ1) is 23.7. The van der Waals surface area contributed by atoms with Gasteiger partial charge in [0.15, 0.2) is 0 Å². The lowest BCUT2D eigenvalue weighted by molar-refractivity contribution is -0.384. The molecule has 156 valence electrons. The van der Waals surface area contributed by atoms with E-state index in [1.165, 1.54) is 36.0 Å². The summed E-state index contributed by atoms with van der Waals surface area (Å²) in [4.78, 5) is 35.0. The third kappa shape index (κ3) is 6.98. The minimum absolute atomic E-state index is 0.139. The number of nitrogens with zero attached hydrogens (tertiary/aromatic N) is 1. The summed E-state index contributed by atoms with van der Waals surface area (Å²) < 4.78 is 10.4. The SMILES string of the molecule is CSCCC(N)C(N)(OC(=O)Nc1ccc([N+](=O)[O-])cc1)C(=O)OC(C)(C)C. The molecule has 28 heavy (non-hydrogen) atoms. The van der Waals surface area contributed by atoms with Crippen molar-refractivity contribution in [1.82, 2.24) is 0 Å². The van der Waals surface area contributed by atoms with Crippen molar-refractivity contribution in [3.05, 3.63) is 34.4 Å². The number of carbonyl (C=O) groups excluding carboxylic acids is 2. The molecule has 0 aliphatic rings. The largest absolute Gasteiger partial charge is 0.456 e. The summed E-state index contributed by atoms with van der Waals surface area (Å²) in [6.45, 7) is 4.95. The van der Waals surface area contributed by atoms with E-state index in [0.717, 1.165) is 0 Å². The number of rotatable bonds is 8. The van der Waals surface area contributed by atoms with Crippen molar-refractivity contribution in [3.8, 4) is 0 Å². The number of hydrogen-bond acceptors (Lipinski definition) is 9. The van der Waals surface area contributed by atoms with Crippen LogP contribution in [0.1, 0.15) is 27.2 Å². The molecule has 0 aromatic heterocycles. The Kier molecular flexibility index (Phi) is 8.21. The van der Waals surface area contributed by atoms with Crippen LogP contribution in [0.3, 0.4) is 0 Å². The van der Waals surface area contributed by atoms with Gasteiger partial charge in [0.25, 0.3) is 11.4 Å². The van der Waals surface area contributed by atoms with Gasteiger partial charge >= 0.3 is 12.1 Å². The molecule has 0 saturated heterocycles. The Labute approximate surface area is 167 Å². The van der Waals surface area contributed by atoms with Crippen LogP contribution in [0.5, 0.6) is 0 Å². The van der Waals surface area contributed by atoms with Gasteiger partial charge in [-0.15, -0.1) is 0 Å². The van der Waals surface area contributed by atoms with Crippen molar-refractivity contribution in [2.24, 2.45) is 11.5 Å². The Bertz CT molecular complexity index is 707. The van der Waals surface area contributed by atoms with Gasteiger partial charge in [0, 0.05) is 17.8 Å². The predicted molar refractivity (Wildman–Crippen MR) is 107 cm³/mol. The van der Waals surface area contributed by atoms with Crippen molar-refractivity contribution in [2.75, 3.05) is 17.3 Å². The van der Waals surface area contributed by atoms with E-state index in [4.69, 9.17) is 20.9 Å². The molecule has 0 heterocycles.